The molecule has 0 amide bonds. The van der Waals surface area contributed by atoms with Gasteiger partial charge in [0, 0.05) is 0 Å². The second kappa shape index (κ2) is 13.6. The van der Waals surface area contributed by atoms with E-state index in [1.54, 1.807) is 23.3 Å². The van der Waals surface area contributed by atoms with Gasteiger partial charge < -0.3 is 0 Å². The molecule has 3 fully saturated rings. The van der Waals surface area contributed by atoms with Crippen molar-refractivity contribution in [1.29, 1.82) is 0 Å². The van der Waals surface area contributed by atoms with Crippen molar-refractivity contribution in [3.8, 4) is 0 Å². The molecule has 5 rings (SSSR count). The minimum absolute atomic E-state index is 0.470. The molecular weight excluding hydrogens is 482 g/mol. The maximum Gasteiger partial charge on any atom is 0.162 e. The highest BCUT2D eigenvalue weighted by Gasteiger charge is 2.36. The lowest BCUT2D eigenvalue weighted by Gasteiger charge is -2.42. The summed E-state index contributed by atoms with van der Waals surface area (Å²) in [5.41, 5.74) is 4.16. The second-order valence-electron chi connectivity index (χ2n) is 13.3. The first-order valence-electron chi connectivity index (χ1n) is 16.2. The number of halogens is 2. The normalized spacial score (nSPS) is 29.1. The average molecular weight is 533 g/mol. The molecule has 3 aliphatic carbocycles. The number of hydrogen-bond donors (Lipinski definition) is 0. The fourth-order valence-electron chi connectivity index (χ4n) is 8.42. The van der Waals surface area contributed by atoms with Gasteiger partial charge in [-0.25, -0.2) is 8.78 Å². The standard InChI is InChI=1S/C37H50F2/c1-3-5-7-31-20-21-32(37(39)36(31)38)14-10-27-11-15-35-25-34(23-22-33(35)24-27)30-18-16-29(17-19-30)28-12-8-26(6-4-2)9-13-28/h3,16-21,26-28,33-35H,1,4-15,22-25H2,2H3. The summed E-state index contributed by atoms with van der Waals surface area (Å²) in [4.78, 5) is 0. The van der Waals surface area contributed by atoms with Crippen LogP contribution in [-0.4, -0.2) is 0 Å². The topological polar surface area (TPSA) is 0 Å². The van der Waals surface area contributed by atoms with E-state index >= 15 is 0 Å². The predicted octanol–water partition coefficient (Wildman–Crippen LogP) is 11.1. The number of rotatable bonds is 10. The Morgan fingerprint density at radius 3 is 1.90 bits per heavy atom. The van der Waals surface area contributed by atoms with Crippen molar-refractivity contribution >= 4 is 0 Å². The predicted molar refractivity (Wildman–Crippen MR) is 160 cm³/mol. The minimum atomic E-state index is -0.649. The first-order chi connectivity index (χ1) is 19.1. The lowest BCUT2D eigenvalue weighted by molar-refractivity contribution is 0.114. The monoisotopic (exact) mass is 532 g/mol. The Bertz CT molecular complexity index is 1060. The summed E-state index contributed by atoms with van der Waals surface area (Å²) in [6.45, 7) is 6.01. The van der Waals surface area contributed by atoms with Crippen LogP contribution in [0.3, 0.4) is 0 Å². The Hall–Kier alpha value is -1.96. The van der Waals surface area contributed by atoms with Crippen molar-refractivity contribution in [1.82, 2.24) is 0 Å². The zero-order valence-electron chi connectivity index (χ0n) is 24.3. The minimum Gasteiger partial charge on any atom is -0.203 e. The van der Waals surface area contributed by atoms with E-state index < -0.39 is 11.6 Å². The second-order valence-corrected chi connectivity index (χ2v) is 13.3. The maximum atomic E-state index is 14.7. The molecule has 4 unspecified atom stereocenters. The largest absolute Gasteiger partial charge is 0.203 e. The van der Waals surface area contributed by atoms with Crippen LogP contribution in [0.4, 0.5) is 8.78 Å². The van der Waals surface area contributed by atoms with E-state index in [1.165, 1.54) is 77.0 Å². The van der Waals surface area contributed by atoms with Crippen LogP contribution in [0, 0.1) is 35.3 Å². The molecule has 3 saturated carbocycles. The van der Waals surface area contributed by atoms with Gasteiger partial charge >= 0.3 is 0 Å². The molecular formula is C37H50F2. The van der Waals surface area contributed by atoms with Gasteiger partial charge in [0.1, 0.15) is 0 Å². The van der Waals surface area contributed by atoms with Crippen molar-refractivity contribution in [2.75, 3.05) is 0 Å². The number of hydrogen-bond acceptors (Lipinski definition) is 0. The van der Waals surface area contributed by atoms with Gasteiger partial charge in [0.05, 0.1) is 0 Å². The van der Waals surface area contributed by atoms with Gasteiger partial charge in [0.25, 0.3) is 0 Å². The van der Waals surface area contributed by atoms with Gasteiger partial charge in [-0.3, -0.25) is 0 Å². The van der Waals surface area contributed by atoms with Crippen molar-refractivity contribution in [3.05, 3.63) is 82.9 Å². The van der Waals surface area contributed by atoms with Crippen LogP contribution in [0.5, 0.6) is 0 Å². The fourth-order valence-corrected chi connectivity index (χ4v) is 8.42. The van der Waals surface area contributed by atoms with E-state index in [2.05, 4.69) is 37.8 Å². The van der Waals surface area contributed by atoms with E-state index in [0.29, 0.717) is 42.2 Å². The van der Waals surface area contributed by atoms with Crippen LogP contribution in [-0.2, 0) is 12.8 Å². The van der Waals surface area contributed by atoms with Gasteiger partial charge in [-0.1, -0.05) is 68.7 Å². The summed E-state index contributed by atoms with van der Waals surface area (Å²) >= 11 is 0. The molecule has 0 heterocycles. The van der Waals surface area contributed by atoms with E-state index in [0.717, 1.165) is 30.1 Å². The Morgan fingerprint density at radius 1 is 0.667 bits per heavy atom. The zero-order chi connectivity index (χ0) is 27.2. The summed E-state index contributed by atoms with van der Waals surface area (Å²) in [7, 11) is 0. The van der Waals surface area contributed by atoms with Crippen LogP contribution in [0.2, 0.25) is 0 Å². The Morgan fingerprint density at radius 2 is 1.23 bits per heavy atom. The number of allylic oxidation sites excluding steroid dienone is 1. The van der Waals surface area contributed by atoms with Crippen LogP contribution in [0.1, 0.15) is 131 Å². The molecule has 0 aliphatic heterocycles. The molecule has 2 heteroatoms. The van der Waals surface area contributed by atoms with Crippen molar-refractivity contribution in [2.24, 2.45) is 23.7 Å². The van der Waals surface area contributed by atoms with Gasteiger partial charge in [0.15, 0.2) is 11.6 Å². The smallest absolute Gasteiger partial charge is 0.162 e. The summed E-state index contributed by atoms with van der Waals surface area (Å²) in [5.74, 6) is 3.50. The summed E-state index contributed by atoms with van der Waals surface area (Å²) in [6.07, 6.45) is 20.7. The van der Waals surface area contributed by atoms with Crippen LogP contribution in [0.25, 0.3) is 0 Å². The molecule has 0 nitrogen and oxygen atoms in total. The van der Waals surface area contributed by atoms with Crippen molar-refractivity contribution < 1.29 is 8.78 Å². The summed E-state index contributed by atoms with van der Waals surface area (Å²) < 4.78 is 29.2. The molecule has 4 atom stereocenters. The Labute approximate surface area is 236 Å². The third-order valence-corrected chi connectivity index (χ3v) is 10.8. The SMILES string of the molecule is C=CCCc1ccc(CCC2CCC3CC(c4ccc(C5CCC(CCC)CC5)cc4)CCC3C2)c(F)c1F. The Balaban J connectivity index is 1.09. The molecule has 0 spiro atoms. The molecule has 0 bridgehead atoms. The first kappa shape index (κ1) is 28.6. The molecule has 2 aromatic carbocycles. The van der Waals surface area contributed by atoms with Crippen molar-refractivity contribution in [2.45, 2.75) is 121 Å². The Kier molecular flexibility index (Phi) is 9.96. The zero-order valence-corrected chi connectivity index (χ0v) is 24.3. The van der Waals surface area contributed by atoms with Crippen LogP contribution in [0.15, 0.2) is 49.1 Å². The summed E-state index contributed by atoms with van der Waals surface area (Å²) in [6, 6.07) is 13.4. The highest BCUT2D eigenvalue weighted by Crippen LogP contribution is 2.48. The van der Waals surface area contributed by atoms with E-state index in [4.69, 9.17) is 0 Å². The molecule has 2 aromatic rings. The van der Waals surface area contributed by atoms with Crippen molar-refractivity contribution in [3.63, 3.8) is 0 Å². The molecule has 212 valence electrons. The fraction of sp³-hybridized carbons (Fsp3) is 0.622. The molecule has 0 radical (unpaired) electrons. The van der Waals surface area contributed by atoms with Gasteiger partial charge in [-0.05, 0) is 141 Å². The van der Waals surface area contributed by atoms with E-state index in [9.17, 15) is 8.78 Å². The third-order valence-electron chi connectivity index (χ3n) is 10.8. The number of fused-ring (bicyclic) bond motifs is 1. The highest BCUT2D eigenvalue weighted by atomic mass is 19.2. The van der Waals surface area contributed by atoms with Crippen LogP contribution < -0.4 is 0 Å². The molecule has 3 aliphatic rings. The highest BCUT2D eigenvalue weighted by molar-refractivity contribution is 5.29. The molecule has 0 saturated heterocycles. The maximum absolute atomic E-state index is 14.7. The third kappa shape index (κ3) is 7.04. The van der Waals surface area contributed by atoms with Gasteiger partial charge in [0.2, 0.25) is 0 Å². The van der Waals surface area contributed by atoms with Crippen LogP contribution >= 0.6 is 0 Å². The van der Waals surface area contributed by atoms with Gasteiger partial charge in [-0.2, -0.15) is 0 Å². The average Bonchev–Trinajstić information content (AvgIpc) is 2.98. The molecule has 39 heavy (non-hydrogen) atoms. The molecule has 0 N–H and O–H groups in total. The van der Waals surface area contributed by atoms with E-state index in [-0.39, 0.29) is 0 Å². The van der Waals surface area contributed by atoms with Gasteiger partial charge in [-0.15, -0.1) is 6.58 Å². The number of aryl methyl sites for hydroxylation is 2. The summed E-state index contributed by atoms with van der Waals surface area (Å²) in [5, 5.41) is 0. The quantitative estimate of drug-likeness (QED) is 0.267. The molecule has 0 aromatic heterocycles. The number of benzene rings is 2. The van der Waals surface area contributed by atoms with E-state index in [1.807, 2.05) is 6.07 Å². The lowest BCUT2D eigenvalue weighted by Crippen LogP contribution is -2.30. The lowest BCUT2D eigenvalue weighted by atomic mass is 9.63. The first-order valence-corrected chi connectivity index (χ1v) is 16.2.